The van der Waals surface area contributed by atoms with E-state index in [4.69, 9.17) is 5.73 Å². The third-order valence-corrected chi connectivity index (χ3v) is 1.82. The Labute approximate surface area is 70.9 Å². The van der Waals surface area contributed by atoms with E-state index >= 15 is 0 Å². The smallest absolute Gasteiger partial charge is 0.324 e. The summed E-state index contributed by atoms with van der Waals surface area (Å²) in [5.41, 5.74) is 5.16. The quantitative estimate of drug-likeness (QED) is 0.513. The van der Waals surface area contributed by atoms with Crippen LogP contribution in [0.4, 0.5) is 0 Å². The normalized spacial score (nSPS) is 13.9. The molecule has 0 saturated carbocycles. The predicted octanol–water partition coefficient (Wildman–Crippen LogP) is -1.83. The molecule has 0 aliphatic rings. The summed E-state index contributed by atoms with van der Waals surface area (Å²) in [4.78, 5) is 10.8. The van der Waals surface area contributed by atoms with Gasteiger partial charge in [-0.1, -0.05) is 0 Å². The average molecular weight is 196 g/mol. The van der Waals surface area contributed by atoms with E-state index in [9.17, 15) is 13.2 Å². The second-order valence-electron chi connectivity index (χ2n) is 2.19. The zero-order valence-corrected chi connectivity index (χ0v) is 7.50. The summed E-state index contributed by atoms with van der Waals surface area (Å²) in [7, 11) is -3.71. The predicted molar refractivity (Wildman–Crippen MR) is 42.6 cm³/mol. The van der Waals surface area contributed by atoms with Gasteiger partial charge in [-0.2, -0.15) is 0 Å². The number of carbonyl (C=O) groups is 1. The molecule has 0 aromatic heterocycles. The standard InChI is InChI=1S/C5H12N2O4S/c1-2-11-5(8)4(6)3-12(7,9)10/h4H,2-3,6H2,1H3,(H2,7,9,10)/t4-/m0/s1. The molecule has 72 valence electrons. The molecule has 7 heteroatoms. The third kappa shape index (κ3) is 5.05. The van der Waals surface area contributed by atoms with Crippen LogP contribution in [0.2, 0.25) is 0 Å². The van der Waals surface area contributed by atoms with Gasteiger partial charge in [-0.05, 0) is 6.92 Å². The first-order chi connectivity index (χ1) is 5.37. The Morgan fingerprint density at radius 2 is 2.08 bits per heavy atom. The molecular formula is C5H12N2O4S. The summed E-state index contributed by atoms with van der Waals surface area (Å²) in [6.45, 7) is 1.76. The van der Waals surface area contributed by atoms with Crippen molar-refractivity contribution in [1.29, 1.82) is 0 Å². The van der Waals surface area contributed by atoms with Gasteiger partial charge in [-0.15, -0.1) is 0 Å². The lowest BCUT2D eigenvalue weighted by molar-refractivity contribution is -0.144. The van der Waals surface area contributed by atoms with Crippen LogP contribution >= 0.6 is 0 Å². The highest BCUT2D eigenvalue weighted by molar-refractivity contribution is 7.89. The molecule has 0 aliphatic carbocycles. The third-order valence-electron chi connectivity index (χ3n) is 1.00. The maximum Gasteiger partial charge on any atom is 0.324 e. The molecule has 0 saturated heterocycles. The van der Waals surface area contributed by atoms with Gasteiger partial charge >= 0.3 is 5.97 Å². The molecule has 4 N–H and O–H groups in total. The number of ether oxygens (including phenoxy) is 1. The van der Waals surface area contributed by atoms with Crippen LogP contribution in [-0.4, -0.2) is 32.8 Å². The number of hydrogen-bond acceptors (Lipinski definition) is 5. The van der Waals surface area contributed by atoms with E-state index in [0.29, 0.717) is 0 Å². The van der Waals surface area contributed by atoms with E-state index in [1.54, 1.807) is 6.92 Å². The molecule has 0 amide bonds. The van der Waals surface area contributed by atoms with Crippen LogP contribution in [0.1, 0.15) is 6.92 Å². The van der Waals surface area contributed by atoms with Crippen molar-refractivity contribution in [3.05, 3.63) is 0 Å². The van der Waals surface area contributed by atoms with E-state index < -0.39 is 27.8 Å². The summed E-state index contributed by atoms with van der Waals surface area (Å²) < 4.78 is 25.3. The summed E-state index contributed by atoms with van der Waals surface area (Å²) in [6, 6.07) is -1.19. The monoisotopic (exact) mass is 196 g/mol. The van der Waals surface area contributed by atoms with Crippen LogP contribution in [0.3, 0.4) is 0 Å². The molecule has 0 spiro atoms. The first-order valence-electron chi connectivity index (χ1n) is 3.29. The second kappa shape index (κ2) is 4.39. The first-order valence-corrected chi connectivity index (χ1v) is 5.01. The summed E-state index contributed by atoms with van der Waals surface area (Å²) in [5, 5.41) is 4.65. The van der Waals surface area contributed by atoms with Gasteiger partial charge in [0.05, 0.1) is 12.4 Å². The molecule has 0 bridgehead atoms. The first kappa shape index (κ1) is 11.3. The Bertz CT molecular complexity index is 248. The molecule has 0 aromatic rings. The van der Waals surface area contributed by atoms with Gasteiger partial charge in [0.25, 0.3) is 0 Å². The van der Waals surface area contributed by atoms with Crippen molar-refractivity contribution in [3.63, 3.8) is 0 Å². The Morgan fingerprint density at radius 1 is 1.58 bits per heavy atom. The van der Waals surface area contributed by atoms with Crippen LogP contribution in [0.15, 0.2) is 0 Å². The van der Waals surface area contributed by atoms with Gasteiger partial charge in [0, 0.05) is 0 Å². The SMILES string of the molecule is CCOC(=O)[C@@H](N)CS(N)(=O)=O. The number of rotatable bonds is 4. The van der Waals surface area contributed by atoms with Gasteiger partial charge in [-0.3, -0.25) is 4.79 Å². The highest BCUT2D eigenvalue weighted by atomic mass is 32.2. The minimum absolute atomic E-state index is 0.164. The van der Waals surface area contributed by atoms with Crippen molar-refractivity contribution < 1.29 is 17.9 Å². The minimum Gasteiger partial charge on any atom is -0.465 e. The molecule has 0 aromatic carbocycles. The van der Waals surface area contributed by atoms with Gasteiger partial charge in [0.15, 0.2) is 0 Å². The van der Waals surface area contributed by atoms with Gasteiger partial charge < -0.3 is 10.5 Å². The summed E-state index contributed by atoms with van der Waals surface area (Å²) >= 11 is 0. The van der Waals surface area contributed by atoms with Crippen LogP contribution in [0.5, 0.6) is 0 Å². The van der Waals surface area contributed by atoms with Crippen molar-refractivity contribution in [1.82, 2.24) is 0 Å². The Morgan fingerprint density at radius 3 is 2.42 bits per heavy atom. The second-order valence-corrected chi connectivity index (χ2v) is 3.85. The lowest BCUT2D eigenvalue weighted by Crippen LogP contribution is -2.40. The molecular weight excluding hydrogens is 184 g/mol. The van der Waals surface area contributed by atoms with E-state index in [2.05, 4.69) is 9.88 Å². The summed E-state index contributed by atoms with van der Waals surface area (Å²) in [6.07, 6.45) is 0. The summed E-state index contributed by atoms with van der Waals surface area (Å²) in [5.74, 6) is -1.35. The molecule has 0 radical (unpaired) electrons. The highest BCUT2D eigenvalue weighted by Gasteiger charge is 2.19. The molecule has 12 heavy (non-hydrogen) atoms. The van der Waals surface area contributed by atoms with E-state index in [1.807, 2.05) is 0 Å². The number of carbonyl (C=O) groups excluding carboxylic acids is 1. The highest BCUT2D eigenvalue weighted by Crippen LogP contribution is 1.89. The number of sulfonamides is 1. The molecule has 0 fully saturated rings. The number of primary sulfonamides is 1. The van der Waals surface area contributed by atoms with Crippen LogP contribution < -0.4 is 10.9 Å². The van der Waals surface area contributed by atoms with Crippen molar-refractivity contribution in [2.45, 2.75) is 13.0 Å². The Kier molecular flexibility index (Phi) is 4.15. The van der Waals surface area contributed by atoms with Crippen molar-refractivity contribution in [2.24, 2.45) is 10.9 Å². The van der Waals surface area contributed by atoms with E-state index in [1.165, 1.54) is 0 Å². The van der Waals surface area contributed by atoms with E-state index in [-0.39, 0.29) is 6.61 Å². The molecule has 0 rings (SSSR count). The zero-order chi connectivity index (χ0) is 9.78. The lowest BCUT2D eigenvalue weighted by atomic mass is 10.4. The minimum atomic E-state index is -3.71. The molecule has 0 aliphatic heterocycles. The fourth-order valence-electron chi connectivity index (χ4n) is 0.568. The van der Waals surface area contributed by atoms with Crippen LogP contribution in [0, 0.1) is 0 Å². The van der Waals surface area contributed by atoms with Crippen molar-refractivity contribution in [2.75, 3.05) is 12.4 Å². The largest absolute Gasteiger partial charge is 0.465 e. The number of nitrogens with two attached hydrogens (primary N) is 2. The van der Waals surface area contributed by atoms with Crippen molar-refractivity contribution in [3.8, 4) is 0 Å². The van der Waals surface area contributed by atoms with E-state index in [0.717, 1.165) is 0 Å². The van der Waals surface area contributed by atoms with Gasteiger partial charge in [0.1, 0.15) is 6.04 Å². The molecule has 0 heterocycles. The molecule has 0 unspecified atom stereocenters. The molecule has 6 nitrogen and oxygen atoms in total. The maximum atomic E-state index is 10.8. The van der Waals surface area contributed by atoms with Gasteiger partial charge in [-0.25, -0.2) is 13.6 Å². The fraction of sp³-hybridized carbons (Fsp3) is 0.800. The Hall–Kier alpha value is -0.660. The van der Waals surface area contributed by atoms with Crippen molar-refractivity contribution >= 4 is 16.0 Å². The average Bonchev–Trinajstić information content (AvgIpc) is 1.84. The zero-order valence-electron chi connectivity index (χ0n) is 6.69. The topological polar surface area (TPSA) is 112 Å². The van der Waals surface area contributed by atoms with Crippen LogP contribution in [0.25, 0.3) is 0 Å². The van der Waals surface area contributed by atoms with Gasteiger partial charge in [0.2, 0.25) is 10.0 Å². The van der Waals surface area contributed by atoms with Crippen LogP contribution in [-0.2, 0) is 19.6 Å². The molecule has 1 atom stereocenters. The maximum absolute atomic E-state index is 10.8. The lowest BCUT2D eigenvalue weighted by Gasteiger charge is -2.07. The fourth-order valence-corrected chi connectivity index (χ4v) is 1.20. The number of esters is 1. The number of hydrogen-bond donors (Lipinski definition) is 2. The Balaban J connectivity index is 4.05.